The average molecular weight is 904 g/mol. The first-order valence-corrected chi connectivity index (χ1v) is 24.3. The Morgan fingerprint density at radius 3 is 1.33 bits per heavy atom. The minimum atomic E-state index is -0.0867. The van der Waals surface area contributed by atoms with Gasteiger partial charge in [0.05, 0.1) is 22.1 Å². The standard InChI is InChI=1S/C65H53N5/c1-64(2,3)50-32-35-56-54(40-50)53-34-37-58-59(60(53)69(56)52-26-14-9-15-27-52)55-41-51(65(4,5)6)33-36-57(55)70(58)63-67-61(66-62(68-63)49-25-17-24-48(39-49)43-20-12-8-13-21-43)45-30-28-44(29-31-45)47-23-16-22-46(38-47)42-18-10-7-11-19-42/h7-41H,1-6H3. The highest BCUT2D eigenvalue weighted by Gasteiger charge is 2.26. The summed E-state index contributed by atoms with van der Waals surface area (Å²) in [5, 5.41) is 4.76. The maximum absolute atomic E-state index is 5.46. The zero-order chi connectivity index (χ0) is 47.7. The second-order valence-corrected chi connectivity index (χ2v) is 20.6. The molecule has 0 aliphatic heterocycles. The second kappa shape index (κ2) is 16.7. The van der Waals surface area contributed by atoms with Crippen molar-refractivity contribution in [3.05, 3.63) is 223 Å². The Labute approximate surface area is 409 Å². The smallest absolute Gasteiger partial charge is 0.238 e. The number of benzene rings is 9. The van der Waals surface area contributed by atoms with Gasteiger partial charge in [-0.25, -0.2) is 4.98 Å². The molecule has 3 heterocycles. The SMILES string of the molecule is CC(C)(C)c1ccc2c(c1)c1c(ccc3c4cc(C(C)(C)C)ccc4n(-c4ccccc4)c31)n2-c1nc(-c2ccc(-c3cccc(-c4ccccc4)c3)cc2)nc(-c2cccc(-c3ccccc3)c2)n1. The summed E-state index contributed by atoms with van der Waals surface area (Å²) in [6.45, 7) is 13.7. The summed E-state index contributed by atoms with van der Waals surface area (Å²) in [6, 6.07) is 76.3. The molecule has 0 fully saturated rings. The van der Waals surface area contributed by atoms with Crippen molar-refractivity contribution in [2.24, 2.45) is 0 Å². The van der Waals surface area contributed by atoms with Gasteiger partial charge in [0.15, 0.2) is 11.6 Å². The maximum atomic E-state index is 5.46. The molecule has 0 saturated carbocycles. The lowest BCUT2D eigenvalue weighted by molar-refractivity contribution is 0.591. The van der Waals surface area contributed by atoms with E-state index in [2.05, 4.69) is 263 Å². The number of nitrogens with zero attached hydrogens (tertiary/aromatic N) is 5. The Bertz CT molecular complexity index is 3920. The van der Waals surface area contributed by atoms with Crippen LogP contribution in [0.1, 0.15) is 52.7 Å². The molecule has 12 rings (SSSR count). The van der Waals surface area contributed by atoms with E-state index in [0.29, 0.717) is 17.6 Å². The molecule has 3 aromatic heterocycles. The van der Waals surface area contributed by atoms with Gasteiger partial charge in [0.1, 0.15) is 0 Å². The highest BCUT2D eigenvalue weighted by molar-refractivity contribution is 6.26. The fraction of sp³-hybridized carbons (Fsp3) is 0.123. The van der Waals surface area contributed by atoms with Gasteiger partial charge in [-0.05, 0) is 110 Å². The average Bonchev–Trinajstić information content (AvgIpc) is 3.91. The first kappa shape index (κ1) is 42.9. The van der Waals surface area contributed by atoms with Crippen molar-refractivity contribution >= 4 is 43.6 Å². The van der Waals surface area contributed by atoms with Crippen LogP contribution in [0.4, 0.5) is 0 Å². The van der Waals surface area contributed by atoms with E-state index in [0.717, 1.165) is 66.4 Å². The molecule has 5 nitrogen and oxygen atoms in total. The molecule has 0 radical (unpaired) electrons. The molecule has 9 aromatic carbocycles. The van der Waals surface area contributed by atoms with Crippen LogP contribution in [-0.4, -0.2) is 24.1 Å². The van der Waals surface area contributed by atoms with E-state index in [-0.39, 0.29) is 10.8 Å². The summed E-state index contributed by atoms with van der Waals surface area (Å²) in [5.41, 5.74) is 16.7. The van der Waals surface area contributed by atoms with E-state index >= 15 is 0 Å². The highest BCUT2D eigenvalue weighted by atomic mass is 15.2. The third-order valence-corrected chi connectivity index (χ3v) is 13.9. The van der Waals surface area contributed by atoms with Gasteiger partial charge in [-0.15, -0.1) is 0 Å². The van der Waals surface area contributed by atoms with Gasteiger partial charge >= 0.3 is 0 Å². The number of hydrogen-bond acceptors (Lipinski definition) is 3. The maximum Gasteiger partial charge on any atom is 0.238 e. The topological polar surface area (TPSA) is 48.5 Å². The van der Waals surface area contributed by atoms with Crippen LogP contribution in [0.2, 0.25) is 0 Å². The third-order valence-electron chi connectivity index (χ3n) is 13.9. The van der Waals surface area contributed by atoms with Crippen LogP contribution >= 0.6 is 0 Å². The molecule has 338 valence electrons. The Hall–Kier alpha value is -8.41. The Balaban J connectivity index is 1.12. The number of hydrogen-bond donors (Lipinski definition) is 0. The predicted molar refractivity (Wildman–Crippen MR) is 293 cm³/mol. The van der Waals surface area contributed by atoms with Crippen LogP contribution in [0.15, 0.2) is 212 Å². The molecule has 12 aromatic rings. The van der Waals surface area contributed by atoms with Crippen LogP contribution in [0.5, 0.6) is 0 Å². The van der Waals surface area contributed by atoms with Crippen LogP contribution < -0.4 is 0 Å². The van der Waals surface area contributed by atoms with Crippen molar-refractivity contribution < 1.29 is 0 Å². The van der Waals surface area contributed by atoms with E-state index in [1.165, 1.54) is 38.5 Å². The highest BCUT2D eigenvalue weighted by Crippen LogP contribution is 2.44. The van der Waals surface area contributed by atoms with Crippen molar-refractivity contribution in [1.29, 1.82) is 0 Å². The van der Waals surface area contributed by atoms with E-state index in [1.807, 2.05) is 0 Å². The minimum Gasteiger partial charge on any atom is -0.309 e. The molecule has 0 saturated heterocycles. The van der Waals surface area contributed by atoms with Gasteiger partial charge in [-0.1, -0.05) is 199 Å². The van der Waals surface area contributed by atoms with Gasteiger partial charge in [0.2, 0.25) is 5.95 Å². The summed E-state index contributed by atoms with van der Waals surface area (Å²) < 4.78 is 4.73. The van der Waals surface area contributed by atoms with E-state index in [4.69, 9.17) is 15.0 Å². The number of aromatic nitrogens is 5. The molecule has 0 N–H and O–H groups in total. The van der Waals surface area contributed by atoms with E-state index in [1.54, 1.807) is 0 Å². The van der Waals surface area contributed by atoms with Crippen molar-refractivity contribution in [3.8, 4) is 67.8 Å². The third kappa shape index (κ3) is 7.55. The van der Waals surface area contributed by atoms with E-state index in [9.17, 15) is 0 Å². The minimum absolute atomic E-state index is 0.0143. The summed E-state index contributed by atoms with van der Waals surface area (Å²) in [4.78, 5) is 16.2. The van der Waals surface area contributed by atoms with Crippen molar-refractivity contribution in [2.45, 2.75) is 52.4 Å². The molecule has 0 bridgehead atoms. The van der Waals surface area contributed by atoms with Gasteiger partial charge in [0.25, 0.3) is 0 Å². The molecule has 0 aliphatic rings. The van der Waals surface area contributed by atoms with Crippen LogP contribution in [0.25, 0.3) is 111 Å². The number of fused-ring (bicyclic) bond motifs is 7. The second-order valence-electron chi connectivity index (χ2n) is 20.6. The number of rotatable bonds is 7. The fourth-order valence-corrected chi connectivity index (χ4v) is 10.1. The van der Waals surface area contributed by atoms with Crippen LogP contribution in [-0.2, 0) is 10.8 Å². The molecule has 0 amide bonds. The predicted octanol–water partition coefficient (Wildman–Crippen LogP) is 17.0. The molecule has 0 unspecified atom stereocenters. The van der Waals surface area contributed by atoms with Crippen molar-refractivity contribution in [2.75, 3.05) is 0 Å². The summed E-state index contributed by atoms with van der Waals surface area (Å²) in [6.07, 6.45) is 0. The van der Waals surface area contributed by atoms with Crippen molar-refractivity contribution in [3.63, 3.8) is 0 Å². The largest absolute Gasteiger partial charge is 0.309 e. The molecule has 0 aliphatic carbocycles. The summed E-state index contributed by atoms with van der Waals surface area (Å²) in [5.74, 6) is 1.77. The zero-order valence-electron chi connectivity index (χ0n) is 40.4. The van der Waals surface area contributed by atoms with Crippen LogP contribution in [0, 0.1) is 0 Å². The first-order valence-electron chi connectivity index (χ1n) is 24.3. The lowest BCUT2D eigenvalue weighted by Gasteiger charge is -2.19. The lowest BCUT2D eigenvalue weighted by Crippen LogP contribution is -2.10. The van der Waals surface area contributed by atoms with Gasteiger partial charge in [-0.2, -0.15) is 9.97 Å². The van der Waals surface area contributed by atoms with Gasteiger partial charge in [0, 0.05) is 38.4 Å². The molecule has 0 atom stereocenters. The molecule has 0 spiro atoms. The Kier molecular flexibility index (Phi) is 10.2. The monoisotopic (exact) mass is 903 g/mol. The Morgan fingerprint density at radius 1 is 0.314 bits per heavy atom. The van der Waals surface area contributed by atoms with Gasteiger partial charge in [-0.3, -0.25) is 4.57 Å². The molecule has 70 heavy (non-hydrogen) atoms. The van der Waals surface area contributed by atoms with Gasteiger partial charge < -0.3 is 4.57 Å². The summed E-state index contributed by atoms with van der Waals surface area (Å²) in [7, 11) is 0. The Morgan fingerprint density at radius 2 is 0.757 bits per heavy atom. The normalized spacial score (nSPS) is 12.1. The number of para-hydroxylation sites is 1. The molecule has 5 heteroatoms. The quantitative estimate of drug-likeness (QED) is 0.160. The summed E-state index contributed by atoms with van der Waals surface area (Å²) >= 11 is 0. The fourth-order valence-electron chi connectivity index (χ4n) is 10.1. The van der Waals surface area contributed by atoms with E-state index < -0.39 is 0 Å². The van der Waals surface area contributed by atoms with Crippen LogP contribution in [0.3, 0.4) is 0 Å². The molecular weight excluding hydrogens is 851 g/mol. The first-order chi connectivity index (χ1) is 34.0. The zero-order valence-corrected chi connectivity index (χ0v) is 40.4. The lowest BCUT2D eigenvalue weighted by atomic mass is 9.86. The molecular formula is C65H53N5. The van der Waals surface area contributed by atoms with Crippen molar-refractivity contribution in [1.82, 2.24) is 24.1 Å².